The zero-order valence-electron chi connectivity index (χ0n) is 13.3. The normalized spacial score (nSPS) is 25.4. The van der Waals surface area contributed by atoms with Gasteiger partial charge >= 0.3 is 0 Å². The van der Waals surface area contributed by atoms with Crippen molar-refractivity contribution in [3.8, 4) is 6.07 Å². The van der Waals surface area contributed by atoms with E-state index in [2.05, 4.69) is 6.07 Å². The fourth-order valence-electron chi connectivity index (χ4n) is 3.35. The molecule has 2 aromatic rings. The molecule has 0 N–H and O–H groups in total. The number of rotatable bonds is 5. The van der Waals surface area contributed by atoms with Crippen LogP contribution in [-0.2, 0) is 14.6 Å². The molecule has 0 bridgehead atoms. The van der Waals surface area contributed by atoms with Crippen LogP contribution in [-0.4, -0.2) is 27.4 Å². The average molecular weight is 380 g/mol. The van der Waals surface area contributed by atoms with Gasteiger partial charge in [-0.15, -0.1) is 0 Å². The second-order valence-corrected chi connectivity index (χ2v) is 8.54. The molecular weight excluding hydrogens is 365 g/mol. The molecule has 0 heterocycles. The van der Waals surface area contributed by atoms with Crippen LogP contribution in [0, 0.1) is 22.6 Å². The number of halogens is 2. The van der Waals surface area contributed by atoms with Crippen molar-refractivity contribution in [3.63, 3.8) is 0 Å². The zero-order valence-corrected chi connectivity index (χ0v) is 14.9. The lowest BCUT2D eigenvalue weighted by Gasteiger charge is -2.08. The molecule has 0 aromatic heterocycles. The number of ether oxygens (including phenoxy) is 1. The predicted octanol–water partition coefficient (Wildman–Crippen LogP) is 3.58. The molecule has 1 fully saturated rings. The topological polar surface area (TPSA) is 67.2 Å². The van der Waals surface area contributed by atoms with Crippen LogP contribution in [0.5, 0.6) is 0 Å². The Balaban J connectivity index is 2.07. The van der Waals surface area contributed by atoms with Gasteiger partial charge in [-0.3, -0.25) is 0 Å². The van der Waals surface area contributed by atoms with Gasteiger partial charge in [-0.2, -0.15) is 5.26 Å². The lowest BCUT2D eigenvalue weighted by Crippen LogP contribution is -2.19. The van der Waals surface area contributed by atoms with Crippen molar-refractivity contribution < 1.29 is 17.5 Å². The largest absolute Gasteiger partial charge is 0.383 e. The second kappa shape index (κ2) is 6.41. The number of nitrogens with zero attached hydrogens (tertiary/aromatic N) is 1. The van der Waals surface area contributed by atoms with E-state index in [0.29, 0.717) is 10.6 Å². The number of methoxy groups -OCH3 is 1. The summed E-state index contributed by atoms with van der Waals surface area (Å²) in [5.74, 6) is -1.01. The van der Waals surface area contributed by atoms with E-state index in [1.807, 2.05) is 0 Å². The first kappa shape index (κ1) is 17.9. The van der Waals surface area contributed by atoms with E-state index in [4.69, 9.17) is 16.3 Å². The lowest BCUT2D eigenvalue weighted by atomic mass is 10.0. The zero-order chi connectivity index (χ0) is 18.2. The summed E-state index contributed by atoms with van der Waals surface area (Å²) in [6, 6.07) is 13.5. The molecule has 2 aromatic carbocycles. The van der Waals surface area contributed by atoms with E-state index in [1.54, 1.807) is 0 Å². The van der Waals surface area contributed by atoms with E-state index >= 15 is 0 Å². The highest BCUT2D eigenvalue weighted by Gasteiger charge is 2.72. The van der Waals surface area contributed by atoms with Crippen LogP contribution in [0.4, 0.5) is 4.39 Å². The number of benzene rings is 2. The first-order chi connectivity index (χ1) is 11.9. The molecule has 0 radical (unpaired) electrons. The first-order valence-electron chi connectivity index (χ1n) is 7.52. The van der Waals surface area contributed by atoms with Crippen molar-refractivity contribution in [1.29, 1.82) is 5.26 Å². The molecule has 3 rings (SSSR count). The molecule has 1 aliphatic rings. The molecule has 1 saturated carbocycles. The van der Waals surface area contributed by atoms with Crippen LogP contribution in [0.3, 0.4) is 0 Å². The van der Waals surface area contributed by atoms with Crippen LogP contribution in [0.25, 0.3) is 0 Å². The second-order valence-electron chi connectivity index (χ2n) is 6.03. The van der Waals surface area contributed by atoms with E-state index in [0.717, 1.165) is 0 Å². The van der Waals surface area contributed by atoms with Crippen molar-refractivity contribution in [2.75, 3.05) is 13.7 Å². The Morgan fingerprint density at radius 3 is 2.32 bits per heavy atom. The molecule has 130 valence electrons. The molecular formula is C18H15ClFNO3S. The minimum Gasteiger partial charge on any atom is -0.383 e. The molecule has 0 aliphatic heterocycles. The van der Waals surface area contributed by atoms with Crippen LogP contribution in [0.1, 0.15) is 11.5 Å². The minimum atomic E-state index is -3.79. The summed E-state index contributed by atoms with van der Waals surface area (Å²) in [5, 5.41) is 9.17. The Morgan fingerprint density at radius 1 is 1.20 bits per heavy atom. The van der Waals surface area contributed by atoms with Crippen molar-refractivity contribution in [2.24, 2.45) is 5.41 Å². The third kappa shape index (κ3) is 2.93. The van der Waals surface area contributed by atoms with Crippen LogP contribution in [0.15, 0.2) is 53.4 Å². The van der Waals surface area contributed by atoms with Gasteiger partial charge in [0, 0.05) is 18.1 Å². The van der Waals surface area contributed by atoms with E-state index in [-0.39, 0.29) is 11.5 Å². The van der Waals surface area contributed by atoms with Crippen molar-refractivity contribution >= 4 is 21.4 Å². The number of sulfone groups is 1. The lowest BCUT2D eigenvalue weighted by molar-refractivity contribution is 0.162. The van der Waals surface area contributed by atoms with Gasteiger partial charge in [0.25, 0.3) is 0 Å². The molecule has 3 atom stereocenters. The summed E-state index contributed by atoms with van der Waals surface area (Å²) in [4.78, 5) is 0.0993. The van der Waals surface area contributed by atoms with Gasteiger partial charge in [-0.1, -0.05) is 23.7 Å². The molecule has 0 spiro atoms. The Bertz CT molecular complexity index is 922. The minimum absolute atomic E-state index is 0.0248. The maximum atomic E-state index is 13.2. The summed E-state index contributed by atoms with van der Waals surface area (Å²) in [5.41, 5.74) is -0.604. The Labute approximate surface area is 150 Å². The molecule has 1 aliphatic carbocycles. The summed E-state index contributed by atoms with van der Waals surface area (Å²) in [7, 11) is -2.37. The van der Waals surface area contributed by atoms with E-state index in [9.17, 15) is 18.1 Å². The monoisotopic (exact) mass is 379 g/mol. The third-order valence-electron chi connectivity index (χ3n) is 4.55. The van der Waals surface area contributed by atoms with Gasteiger partial charge < -0.3 is 4.74 Å². The number of hydrogen-bond donors (Lipinski definition) is 0. The predicted molar refractivity (Wildman–Crippen MR) is 91.5 cm³/mol. The third-order valence-corrected chi connectivity index (χ3v) is 7.10. The molecule has 0 unspecified atom stereocenters. The summed E-state index contributed by atoms with van der Waals surface area (Å²) in [6.07, 6.45) is 0. The van der Waals surface area contributed by atoms with Crippen molar-refractivity contribution in [3.05, 3.63) is 64.9 Å². The van der Waals surface area contributed by atoms with Crippen molar-refractivity contribution in [2.45, 2.75) is 16.1 Å². The highest BCUT2D eigenvalue weighted by atomic mass is 35.5. The first-order valence-corrected chi connectivity index (χ1v) is 9.44. The van der Waals surface area contributed by atoms with Gasteiger partial charge in [-0.25, -0.2) is 12.8 Å². The maximum Gasteiger partial charge on any atom is 0.183 e. The molecule has 7 heteroatoms. The summed E-state index contributed by atoms with van der Waals surface area (Å²) >= 11 is 5.83. The number of nitriles is 1. The maximum absolute atomic E-state index is 13.2. The van der Waals surface area contributed by atoms with Crippen LogP contribution < -0.4 is 0 Å². The van der Waals surface area contributed by atoms with Gasteiger partial charge in [0.15, 0.2) is 9.84 Å². The van der Waals surface area contributed by atoms with Gasteiger partial charge in [0.1, 0.15) is 11.2 Å². The highest BCUT2D eigenvalue weighted by Crippen LogP contribution is 2.63. The van der Waals surface area contributed by atoms with E-state index < -0.39 is 32.2 Å². The fourth-order valence-corrected chi connectivity index (χ4v) is 5.79. The average Bonchev–Trinajstić information content (AvgIpc) is 3.26. The molecule has 25 heavy (non-hydrogen) atoms. The summed E-state index contributed by atoms with van der Waals surface area (Å²) < 4.78 is 44.5. The molecule has 0 amide bonds. The van der Waals surface area contributed by atoms with Gasteiger partial charge in [0.05, 0.1) is 22.8 Å². The van der Waals surface area contributed by atoms with Crippen molar-refractivity contribution in [1.82, 2.24) is 0 Å². The van der Waals surface area contributed by atoms with Gasteiger partial charge in [-0.05, 0) is 42.0 Å². The van der Waals surface area contributed by atoms with Gasteiger partial charge in [0.2, 0.25) is 0 Å². The Morgan fingerprint density at radius 2 is 1.80 bits per heavy atom. The molecule has 0 saturated heterocycles. The number of hydrogen-bond acceptors (Lipinski definition) is 4. The molecule has 4 nitrogen and oxygen atoms in total. The Kier molecular flexibility index (Phi) is 4.58. The highest BCUT2D eigenvalue weighted by molar-refractivity contribution is 7.92. The quantitative estimate of drug-likeness (QED) is 0.796. The van der Waals surface area contributed by atoms with Crippen LogP contribution >= 0.6 is 11.6 Å². The van der Waals surface area contributed by atoms with E-state index in [1.165, 1.54) is 55.6 Å². The Hall–Kier alpha value is -1.94. The standard InChI is InChI=1S/C18H15ClFNO3S/c1-24-11-18(10-21)16(12-2-6-14(20)7-3-12)17(18)25(22,23)15-8-4-13(19)5-9-15/h2-9,16-17H,11H2,1H3/t16-,17-,18-/m1/s1. The summed E-state index contributed by atoms with van der Waals surface area (Å²) in [6.45, 7) is -0.0248. The van der Waals surface area contributed by atoms with Crippen LogP contribution in [0.2, 0.25) is 5.02 Å². The smallest absolute Gasteiger partial charge is 0.183 e. The SMILES string of the molecule is COC[C@]1(C#N)[C@H](c2ccc(F)cc2)[C@H]1S(=O)(=O)c1ccc(Cl)cc1. The fraction of sp³-hybridized carbons (Fsp3) is 0.278.